The lowest BCUT2D eigenvalue weighted by molar-refractivity contribution is -0.137. The normalized spacial score (nSPS) is 11.7. The number of halogens is 3. The van der Waals surface area contributed by atoms with E-state index in [1.807, 2.05) is 6.07 Å². The molecule has 0 saturated carbocycles. The van der Waals surface area contributed by atoms with Gasteiger partial charge < -0.3 is 5.32 Å². The van der Waals surface area contributed by atoms with Crippen LogP contribution in [-0.2, 0) is 17.5 Å². The molecule has 0 aliphatic heterocycles. The molecule has 2 heterocycles. The molecule has 2 aromatic heterocycles. The first-order valence-corrected chi connectivity index (χ1v) is 9.32. The van der Waals surface area contributed by atoms with E-state index in [0.717, 1.165) is 17.0 Å². The molecule has 0 saturated heterocycles. The summed E-state index contributed by atoms with van der Waals surface area (Å²) in [5.41, 5.74) is -0.275. The highest BCUT2D eigenvalue weighted by Crippen LogP contribution is 2.29. The van der Waals surface area contributed by atoms with E-state index in [1.165, 1.54) is 42.5 Å². The topological polar surface area (TPSA) is 64.0 Å². The van der Waals surface area contributed by atoms with Gasteiger partial charge in [-0.05, 0) is 42.8 Å². The zero-order valence-corrected chi connectivity index (χ0v) is 16.1. The Hall–Kier alpha value is -3.20. The van der Waals surface area contributed by atoms with Crippen LogP contribution in [0.4, 0.5) is 19.0 Å². The summed E-state index contributed by atoms with van der Waals surface area (Å²) in [5, 5.41) is 6.83. The SMILES string of the molecule is CC(=O)c1ccc(Cn2ccc(NC(=O)/C=C\c3ccc(C(F)(F)F)cc3)n2)s1. The van der Waals surface area contributed by atoms with Crippen LogP contribution >= 0.6 is 11.3 Å². The minimum atomic E-state index is -4.39. The van der Waals surface area contributed by atoms with Crippen molar-refractivity contribution >= 4 is 34.9 Å². The van der Waals surface area contributed by atoms with Crippen molar-refractivity contribution in [2.45, 2.75) is 19.6 Å². The molecule has 0 fully saturated rings. The lowest BCUT2D eigenvalue weighted by Crippen LogP contribution is -2.09. The average molecular weight is 419 g/mol. The van der Waals surface area contributed by atoms with Crippen molar-refractivity contribution in [2.75, 3.05) is 5.32 Å². The van der Waals surface area contributed by atoms with Gasteiger partial charge in [-0.3, -0.25) is 14.3 Å². The third kappa shape index (κ3) is 5.64. The minimum absolute atomic E-state index is 0.00880. The number of carbonyl (C=O) groups is 2. The molecule has 5 nitrogen and oxygen atoms in total. The standard InChI is InChI=1S/C20H16F3N3O2S/c1-13(27)17-8-7-16(29-17)12-26-11-10-18(25-26)24-19(28)9-4-14-2-5-15(6-3-14)20(21,22)23/h2-11H,12H2,1H3,(H,24,25,28)/b9-4-. The second-order valence-corrected chi connectivity index (χ2v) is 7.33. The summed E-state index contributed by atoms with van der Waals surface area (Å²) < 4.78 is 39.3. The number of nitrogens with zero attached hydrogens (tertiary/aromatic N) is 2. The van der Waals surface area contributed by atoms with Crippen LogP contribution in [0.25, 0.3) is 6.08 Å². The molecule has 0 atom stereocenters. The van der Waals surface area contributed by atoms with Crippen LogP contribution in [0, 0.1) is 0 Å². The van der Waals surface area contributed by atoms with Crippen LogP contribution in [0.3, 0.4) is 0 Å². The fraction of sp³-hybridized carbons (Fsp3) is 0.150. The van der Waals surface area contributed by atoms with E-state index < -0.39 is 17.6 Å². The van der Waals surface area contributed by atoms with Gasteiger partial charge in [0.05, 0.1) is 17.0 Å². The quantitative estimate of drug-likeness (QED) is 0.458. The number of hydrogen-bond donors (Lipinski definition) is 1. The Morgan fingerprint density at radius 3 is 2.48 bits per heavy atom. The van der Waals surface area contributed by atoms with Crippen molar-refractivity contribution < 1.29 is 22.8 Å². The number of carbonyl (C=O) groups excluding carboxylic acids is 2. The van der Waals surface area contributed by atoms with Crippen LogP contribution < -0.4 is 5.32 Å². The average Bonchev–Trinajstić information content (AvgIpc) is 3.30. The summed E-state index contributed by atoms with van der Waals surface area (Å²) in [7, 11) is 0. The summed E-state index contributed by atoms with van der Waals surface area (Å²) in [4.78, 5) is 25.0. The Labute approximate surface area is 168 Å². The van der Waals surface area contributed by atoms with Crippen molar-refractivity contribution in [1.82, 2.24) is 9.78 Å². The maximum atomic E-state index is 12.5. The summed E-state index contributed by atoms with van der Waals surface area (Å²) in [5.74, 6) is -0.102. The van der Waals surface area contributed by atoms with E-state index in [0.29, 0.717) is 22.8 Å². The molecule has 0 aliphatic rings. The predicted octanol–water partition coefficient (Wildman–Crippen LogP) is 4.87. The molecule has 150 valence electrons. The first-order valence-electron chi connectivity index (χ1n) is 8.50. The highest BCUT2D eigenvalue weighted by atomic mass is 32.1. The smallest absolute Gasteiger partial charge is 0.306 e. The van der Waals surface area contributed by atoms with Gasteiger partial charge in [0.1, 0.15) is 0 Å². The number of Topliss-reactive ketones (excluding diaryl/α,β-unsaturated/α-hetero) is 1. The number of amides is 1. The van der Waals surface area contributed by atoms with E-state index >= 15 is 0 Å². The molecule has 0 bridgehead atoms. The minimum Gasteiger partial charge on any atom is -0.306 e. The monoisotopic (exact) mass is 419 g/mol. The molecule has 0 spiro atoms. The Morgan fingerprint density at radius 1 is 1.14 bits per heavy atom. The molecule has 1 N–H and O–H groups in total. The van der Waals surface area contributed by atoms with Crippen molar-refractivity contribution in [3.63, 3.8) is 0 Å². The van der Waals surface area contributed by atoms with Gasteiger partial charge in [0, 0.05) is 23.2 Å². The summed E-state index contributed by atoms with van der Waals surface area (Å²) in [6, 6.07) is 9.75. The predicted molar refractivity (Wildman–Crippen MR) is 105 cm³/mol. The number of rotatable bonds is 6. The summed E-state index contributed by atoms with van der Waals surface area (Å²) >= 11 is 1.39. The molecule has 0 unspecified atom stereocenters. The molecular weight excluding hydrogens is 403 g/mol. The second-order valence-electron chi connectivity index (χ2n) is 6.16. The fourth-order valence-corrected chi connectivity index (χ4v) is 3.35. The molecule has 29 heavy (non-hydrogen) atoms. The van der Waals surface area contributed by atoms with Gasteiger partial charge in [0.2, 0.25) is 5.91 Å². The summed E-state index contributed by atoms with van der Waals surface area (Å²) in [6.07, 6.45) is -0.0566. The van der Waals surface area contributed by atoms with Crippen molar-refractivity contribution in [3.8, 4) is 0 Å². The Bertz CT molecular complexity index is 1050. The largest absolute Gasteiger partial charge is 0.416 e. The number of alkyl halides is 3. The van der Waals surface area contributed by atoms with Gasteiger partial charge in [-0.25, -0.2) is 0 Å². The van der Waals surface area contributed by atoms with Gasteiger partial charge in [-0.2, -0.15) is 18.3 Å². The molecular formula is C20H16F3N3O2S. The van der Waals surface area contributed by atoms with E-state index in [9.17, 15) is 22.8 Å². The molecule has 3 aromatic rings. The highest BCUT2D eigenvalue weighted by molar-refractivity contribution is 7.14. The summed E-state index contributed by atoms with van der Waals surface area (Å²) in [6.45, 7) is 1.98. The fourth-order valence-electron chi connectivity index (χ4n) is 2.45. The number of hydrogen-bond acceptors (Lipinski definition) is 4. The lowest BCUT2D eigenvalue weighted by atomic mass is 10.1. The van der Waals surface area contributed by atoms with Gasteiger partial charge in [-0.1, -0.05) is 12.1 Å². The van der Waals surface area contributed by atoms with Gasteiger partial charge in [-0.15, -0.1) is 11.3 Å². The van der Waals surface area contributed by atoms with Crippen LogP contribution in [0.15, 0.2) is 54.7 Å². The van der Waals surface area contributed by atoms with E-state index in [4.69, 9.17) is 0 Å². The second kappa shape index (κ2) is 8.44. The third-order valence-corrected chi connectivity index (χ3v) is 5.05. The van der Waals surface area contributed by atoms with Gasteiger partial charge >= 0.3 is 6.18 Å². The molecule has 3 rings (SSSR count). The number of anilines is 1. The zero-order valence-electron chi connectivity index (χ0n) is 15.2. The van der Waals surface area contributed by atoms with Crippen LogP contribution in [-0.4, -0.2) is 21.5 Å². The Kier molecular flexibility index (Phi) is 5.97. The van der Waals surface area contributed by atoms with Gasteiger partial charge in [0.15, 0.2) is 11.6 Å². The van der Waals surface area contributed by atoms with Crippen molar-refractivity contribution in [3.05, 3.63) is 75.6 Å². The number of nitrogens with one attached hydrogen (secondary N) is 1. The third-order valence-electron chi connectivity index (χ3n) is 3.88. The molecule has 0 aliphatic carbocycles. The molecule has 1 aromatic carbocycles. The zero-order chi connectivity index (χ0) is 21.0. The number of ketones is 1. The van der Waals surface area contributed by atoms with Crippen LogP contribution in [0.2, 0.25) is 0 Å². The number of aromatic nitrogens is 2. The van der Waals surface area contributed by atoms with Gasteiger partial charge in [0.25, 0.3) is 0 Å². The molecule has 1 amide bonds. The van der Waals surface area contributed by atoms with Crippen molar-refractivity contribution in [2.24, 2.45) is 0 Å². The number of benzene rings is 1. The Morgan fingerprint density at radius 2 is 1.86 bits per heavy atom. The first-order chi connectivity index (χ1) is 13.7. The highest BCUT2D eigenvalue weighted by Gasteiger charge is 2.29. The van der Waals surface area contributed by atoms with E-state index in [2.05, 4.69) is 10.4 Å². The van der Waals surface area contributed by atoms with Crippen molar-refractivity contribution in [1.29, 1.82) is 0 Å². The lowest BCUT2D eigenvalue weighted by Gasteiger charge is -2.05. The Balaban J connectivity index is 1.57. The van der Waals surface area contributed by atoms with Crippen LogP contribution in [0.5, 0.6) is 0 Å². The number of thiophene rings is 1. The molecule has 9 heteroatoms. The van der Waals surface area contributed by atoms with E-state index in [-0.39, 0.29) is 5.78 Å². The van der Waals surface area contributed by atoms with E-state index in [1.54, 1.807) is 23.0 Å². The van der Waals surface area contributed by atoms with Crippen LogP contribution in [0.1, 0.15) is 32.6 Å². The maximum Gasteiger partial charge on any atom is 0.416 e. The molecule has 0 radical (unpaired) electrons. The first kappa shape index (κ1) is 20.5. The maximum absolute atomic E-state index is 12.5.